The molecule has 2 fully saturated rings. The van der Waals surface area contributed by atoms with Crippen LogP contribution in [-0.4, -0.2) is 53.7 Å². The smallest absolute Gasteiger partial charge is 0.407 e. The molecular weight excluding hydrogens is 444 g/mol. The number of hydrogen-bond acceptors (Lipinski definition) is 4. The predicted molar refractivity (Wildman–Crippen MR) is 131 cm³/mol. The Morgan fingerprint density at radius 1 is 1.06 bits per heavy atom. The van der Waals surface area contributed by atoms with Crippen LogP contribution in [0.2, 0.25) is 0 Å². The summed E-state index contributed by atoms with van der Waals surface area (Å²) in [6.45, 7) is 2.84. The Bertz CT molecular complexity index is 1100. The van der Waals surface area contributed by atoms with E-state index in [9.17, 15) is 19.5 Å². The molecule has 5 rings (SSSR count). The third-order valence-electron chi connectivity index (χ3n) is 8.17. The molecule has 1 heterocycles. The van der Waals surface area contributed by atoms with Crippen molar-refractivity contribution in [2.24, 2.45) is 11.3 Å². The molecule has 2 N–H and O–H groups in total. The molecule has 2 aromatic carbocycles. The number of carboxylic acids is 1. The van der Waals surface area contributed by atoms with E-state index in [4.69, 9.17) is 4.74 Å². The van der Waals surface area contributed by atoms with Crippen LogP contribution in [0, 0.1) is 11.3 Å². The van der Waals surface area contributed by atoms with Crippen molar-refractivity contribution in [1.82, 2.24) is 10.2 Å². The van der Waals surface area contributed by atoms with Gasteiger partial charge in [0, 0.05) is 25.0 Å². The Morgan fingerprint density at radius 2 is 1.69 bits per heavy atom. The lowest BCUT2D eigenvalue weighted by molar-refractivity contribution is -0.155. The second-order valence-electron chi connectivity index (χ2n) is 10.2. The van der Waals surface area contributed by atoms with Gasteiger partial charge in [-0.05, 0) is 54.9 Å². The molecule has 0 bridgehead atoms. The number of rotatable bonds is 6. The van der Waals surface area contributed by atoms with Crippen LogP contribution in [-0.2, 0) is 14.3 Å². The fourth-order valence-electron chi connectivity index (χ4n) is 5.96. The van der Waals surface area contributed by atoms with Gasteiger partial charge in [-0.15, -0.1) is 0 Å². The fraction of sp³-hybridized carbons (Fsp3) is 0.464. The minimum Gasteiger partial charge on any atom is -0.481 e. The minimum absolute atomic E-state index is 0.0103. The van der Waals surface area contributed by atoms with Gasteiger partial charge in [-0.3, -0.25) is 9.59 Å². The van der Waals surface area contributed by atoms with Gasteiger partial charge in [0.05, 0.1) is 11.3 Å². The highest BCUT2D eigenvalue weighted by Gasteiger charge is 2.48. The van der Waals surface area contributed by atoms with Crippen molar-refractivity contribution in [3.63, 3.8) is 0 Å². The number of amides is 2. The zero-order valence-electron chi connectivity index (χ0n) is 20.0. The van der Waals surface area contributed by atoms with Crippen molar-refractivity contribution in [3.8, 4) is 11.1 Å². The second-order valence-corrected chi connectivity index (χ2v) is 10.2. The summed E-state index contributed by atoms with van der Waals surface area (Å²) in [5, 5.41) is 12.2. The average Bonchev–Trinajstić information content (AvgIpc) is 3.15. The van der Waals surface area contributed by atoms with E-state index in [1.54, 1.807) is 0 Å². The van der Waals surface area contributed by atoms with Crippen molar-refractivity contribution in [1.29, 1.82) is 0 Å². The summed E-state index contributed by atoms with van der Waals surface area (Å²) >= 11 is 0. The van der Waals surface area contributed by atoms with Gasteiger partial charge in [0.2, 0.25) is 5.91 Å². The number of carboxylic acid groups (broad SMARTS) is 1. The molecule has 3 aliphatic rings. The maximum atomic E-state index is 13.4. The average molecular weight is 477 g/mol. The lowest BCUT2D eigenvalue weighted by Gasteiger charge is -2.47. The molecule has 0 aromatic heterocycles. The number of nitrogens with one attached hydrogen (secondary N) is 1. The van der Waals surface area contributed by atoms with Crippen molar-refractivity contribution in [3.05, 3.63) is 59.7 Å². The molecule has 2 aromatic rings. The van der Waals surface area contributed by atoms with Gasteiger partial charge in [0.1, 0.15) is 6.61 Å². The van der Waals surface area contributed by atoms with E-state index in [2.05, 4.69) is 29.6 Å². The summed E-state index contributed by atoms with van der Waals surface area (Å²) in [4.78, 5) is 39.3. The summed E-state index contributed by atoms with van der Waals surface area (Å²) < 4.78 is 5.65. The largest absolute Gasteiger partial charge is 0.481 e. The second kappa shape index (κ2) is 9.36. The standard InChI is InChI=1S/C28H32N2O5/c1-18-15-19(25(31)32)11-14-30(18)26(33)28(12-6-13-28)17-29-27(34)35-16-24-22-9-4-2-7-20(22)21-8-3-5-10-23(21)24/h2-5,7-10,18-19,24H,6,11-17H2,1H3,(H,29,34)(H,31,32)/t18-,19-/m1/s1. The Kier molecular flexibility index (Phi) is 6.26. The van der Waals surface area contributed by atoms with Crippen molar-refractivity contribution < 1.29 is 24.2 Å². The first-order valence-electron chi connectivity index (χ1n) is 12.5. The van der Waals surface area contributed by atoms with Gasteiger partial charge >= 0.3 is 12.1 Å². The highest BCUT2D eigenvalue weighted by Crippen LogP contribution is 2.45. The van der Waals surface area contributed by atoms with Crippen LogP contribution in [0.25, 0.3) is 11.1 Å². The van der Waals surface area contributed by atoms with Gasteiger partial charge in [-0.1, -0.05) is 55.0 Å². The van der Waals surface area contributed by atoms with E-state index < -0.39 is 23.4 Å². The van der Waals surface area contributed by atoms with Crippen molar-refractivity contribution in [2.45, 2.75) is 51.0 Å². The summed E-state index contributed by atoms with van der Waals surface area (Å²) in [7, 11) is 0. The number of benzene rings is 2. The van der Waals surface area contributed by atoms with Crippen molar-refractivity contribution in [2.75, 3.05) is 19.7 Å². The predicted octanol–water partition coefficient (Wildman–Crippen LogP) is 4.41. The van der Waals surface area contributed by atoms with E-state index in [1.807, 2.05) is 36.1 Å². The Hall–Kier alpha value is -3.35. The van der Waals surface area contributed by atoms with Crippen LogP contribution in [0.15, 0.2) is 48.5 Å². The molecule has 2 amide bonds. The van der Waals surface area contributed by atoms with E-state index in [1.165, 1.54) is 11.1 Å². The molecule has 2 atom stereocenters. The third kappa shape index (κ3) is 4.28. The number of carbonyl (C=O) groups is 3. The third-order valence-corrected chi connectivity index (χ3v) is 8.17. The number of carbonyl (C=O) groups excluding carboxylic acids is 2. The van der Waals surface area contributed by atoms with Crippen LogP contribution < -0.4 is 5.32 Å². The molecular formula is C28H32N2O5. The lowest BCUT2D eigenvalue weighted by atomic mass is 9.67. The highest BCUT2D eigenvalue weighted by atomic mass is 16.5. The SMILES string of the molecule is C[C@@H]1C[C@H](C(=O)O)CCN1C(=O)C1(CNC(=O)OCC2c3ccccc3-c3ccccc32)CCC1. The maximum absolute atomic E-state index is 13.4. The number of likely N-dealkylation sites (tertiary alicyclic amines) is 1. The normalized spacial score (nSPS) is 22.5. The lowest BCUT2D eigenvalue weighted by Crippen LogP contribution is -2.57. The Labute approximate surface area is 205 Å². The van der Waals surface area contributed by atoms with E-state index >= 15 is 0 Å². The summed E-state index contributed by atoms with van der Waals surface area (Å²) in [5.74, 6) is -1.17. The number of piperidine rings is 1. The van der Waals surface area contributed by atoms with E-state index in [0.717, 1.165) is 30.4 Å². The van der Waals surface area contributed by atoms with E-state index in [0.29, 0.717) is 19.4 Å². The number of ether oxygens (including phenoxy) is 1. The topological polar surface area (TPSA) is 95.9 Å². The number of hydrogen-bond donors (Lipinski definition) is 2. The molecule has 0 unspecified atom stereocenters. The molecule has 7 heteroatoms. The molecule has 0 radical (unpaired) electrons. The number of fused-ring (bicyclic) bond motifs is 3. The first-order chi connectivity index (χ1) is 16.9. The van der Waals surface area contributed by atoms with Crippen LogP contribution in [0.4, 0.5) is 4.79 Å². The number of aliphatic carboxylic acids is 1. The quantitative estimate of drug-likeness (QED) is 0.644. The first-order valence-corrected chi connectivity index (χ1v) is 12.5. The molecule has 1 saturated carbocycles. The Balaban J connectivity index is 1.19. The molecule has 184 valence electrons. The summed E-state index contributed by atoms with van der Waals surface area (Å²) in [5.41, 5.74) is 4.06. The zero-order valence-corrected chi connectivity index (χ0v) is 20.0. The maximum Gasteiger partial charge on any atom is 0.407 e. The van der Waals surface area contributed by atoms with Gasteiger partial charge in [0.15, 0.2) is 0 Å². The summed E-state index contributed by atoms with van der Waals surface area (Å²) in [6, 6.07) is 16.3. The molecule has 1 saturated heterocycles. The number of nitrogens with zero attached hydrogens (tertiary/aromatic N) is 1. The van der Waals surface area contributed by atoms with Gasteiger partial charge < -0.3 is 20.1 Å². The minimum atomic E-state index is -0.792. The van der Waals surface area contributed by atoms with Crippen LogP contribution in [0.3, 0.4) is 0 Å². The van der Waals surface area contributed by atoms with Crippen LogP contribution in [0.1, 0.15) is 56.1 Å². The fourth-order valence-corrected chi connectivity index (χ4v) is 5.96. The molecule has 1 aliphatic heterocycles. The van der Waals surface area contributed by atoms with Gasteiger partial charge in [-0.2, -0.15) is 0 Å². The van der Waals surface area contributed by atoms with Crippen LogP contribution in [0.5, 0.6) is 0 Å². The molecule has 2 aliphatic carbocycles. The monoisotopic (exact) mass is 476 g/mol. The first kappa shape index (κ1) is 23.4. The van der Waals surface area contributed by atoms with Crippen LogP contribution >= 0.6 is 0 Å². The highest BCUT2D eigenvalue weighted by molar-refractivity contribution is 5.85. The van der Waals surface area contributed by atoms with E-state index in [-0.39, 0.29) is 31.0 Å². The Morgan fingerprint density at radius 3 is 2.23 bits per heavy atom. The van der Waals surface area contributed by atoms with Gasteiger partial charge in [0.25, 0.3) is 0 Å². The molecule has 7 nitrogen and oxygen atoms in total. The zero-order chi connectivity index (χ0) is 24.6. The van der Waals surface area contributed by atoms with Crippen molar-refractivity contribution >= 4 is 18.0 Å². The molecule has 35 heavy (non-hydrogen) atoms. The number of alkyl carbamates (subject to hydrolysis) is 1. The van der Waals surface area contributed by atoms with Gasteiger partial charge in [-0.25, -0.2) is 4.79 Å². The molecule has 0 spiro atoms. The summed E-state index contributed by atoms with van der Waals surface area (Å²) in [6.07, 6.45) is 2.82.